The maximum absolute atomic E-state index is 13.1. The molecule has 2 aromatic rings. The second-order valence-electron chi connectivity index (χ2n) is 6.28. The van der Waals surface area contributed by atoms with Gasteiger partial charge in [-0.25, -0.2) is 0 Å². The molecule has 2 aromatic carbocycles. The molecule has 0 unspecified atom stereocenters. The van der Waals surface area contributed by atoms with E-state index >= 15 is 0 Å². The van der Waals surface area contributed by atoms with Crippen molar-refractivity contribution in [1.29, 1.82) is 0 Å². The maximum Gasteiger partial charge on any atom is 0.573 e. The Hall–Kier alpha value is -2.78. The van der Waals surface area contributed by atoms with Crippen molar-refractivity contribution < 1.29 is 36.9 Å². The van der Waals surface area contributed by atoms with E-state index in [9.17, 15) is 18.0 Å². The third-order valence-electron chi connectivity index (χ3n) is 4.57. The van der Waals surface area contributed by atoms with Gasteiger partial charge in [-0.1, -0.05) is 12.1 Å². The van der Waals surface area contributed by atoms with Crippen molar-refractivity contribution >= 4 is 11.6 Å². The van der Waals surface area contributed by atoms with E-state index in [1.165, 1.54) is 11.0 Å². The van der Waals surface area contributed by atoms with Crippen molar-refractivity contribution in [2.75, 3.05) is 25.2 Å². The number of rotatable bonds is 4. The molecule has 0 atom stereocenters. The van der Waals surface area contributed by atoms with Crippen LogP contribution in [0, 0.1) is 0 Å². The molecule has 0 aliphatic carbocycles. The summed E-state index contributed by atoms with van der Waals surface area (Å²) in [6.45, 7) is 0.515. The fraction of sp³-hybridized carbons (Fsp3) is 0.316. The summed E-state index contributed by atoms with van der Waals surface area (Å²) in [5, 5.41) is 0. The van der Waals surface area contributed by atoms with Gasteiger partial charge in [-0.15, -0.1) is 13.2 Å². The van der Waals surface area contributed by atoms with Crippen LogP contribution in [-0.4, -0.2) is 32.6 Å². The van der Waals surface area contributed by atoms with E-state index < -0.39 is 23.8 Å². The van der Waals surface area contributed by atoms with Crippen LogP contribution in [0.15, 0.2) is 42.5 Å². The zero-order chi connectivity index (χ0) is 19.9. The number of carbonyl (C=O) groups excluding carboxylic acids is 1. The molecule has 2 aliphatic heterocycles. The molecule has 9 heteroatoms. The zero-order valence-electron chi connectivity index (χ0n) is 14.8. The average Bonchev–Trinajstić information content (AvgIpc) is 3.23. The third-order valence-corrected chi connectivity index (χ3v) is 4.57. The number of carbonyl (C=O) groups is 1. The lowest BCUT2D eigenvalue weighted by Gasteiger charge is -2.22. The molecule has 28 heavy (non-hydrogen) atoms. The minimum absolute atomic E-state index is 0.159. The minimum Gasteiger partial charge on any atom is -0.497 e. The van der Waals surface area contributed by atoms with Crippen LogP contribution in [0.4, 0.5) is 18.9 Å². The number of amides is 1. The Morgan fingerprint density at radius 2 is 1.71 bits per heavy atom. The van der Waals surface area contributed by atoms with Crippen LogP contribution < -0.4 is 14.4 Å². The number of fused-ring (bicyclic) bond motifs is 2. The van der Waals surface area contributed by atoms with Crippen molar-refractivity contribution in [2.24, 2.45) is 0 Å². The lowest BCUT2D eigenvalue weighted by molar-refractivity contribution is -0.274. The van der Waals surface area contributed by atoms with E-state index in [4.69, 9.17) is 14.2 Å². The molecule has 0 saturated carbocycles. The van der Waals surface area contributed by atoms with Crippen LogP contribution in [0.3, 0.4) is 0 Å². The molecule has 0 aromatic heterocycles. The largest absolute Gasteiger partial charge is 0.573 e. The quantitative estimate of drug-likeness (QED) is 0.795. The Kier molecular flexibility index (Phi) is 4.43. The molecule has 1 spiro atoms. The van der Waals surface area contributed by atoms with Gasteiger partial charge in [0.25, 0.3) is 11.7 Å². The molecule has 2 aliphatic rings. The first-order valence-corrected chi connectivity index (χ1v) is 8.45. The van der Waals surface area contributed by atoms with Gasteiger partial charge in [-0.3, -0.25) is 4.79 Å². The predicted molar refractivity (Wildman–Crippen MR) is 90.9 cm³/mol. The van der Waals surface area contributed by atoms with Crippen LogP contribution in [0.1, 0.15) is 11.1 Å². The fourth-order valence-corrected chi connectivity index (χ4v) is 3.38. The van der Waals surface area contributed by atoms with Gasteiger partial charge in [0.15, 0.2) is 0 Å². The van der Waals surface area contributed by atoms with E-state index in [0.717, 1.165) is 17.7 Å². The van der Waals surface area contributed by atoms with Crippen LogP contribution >= 0.6 is 0 Å². The van der Waals surface area contributed by atoms with Gasteiger partial charge in [0.1, 0.15) is 11.5 Å². The summed E-state index contributed by atoms with van der Waals surface area (Å²) in [5.41, 5.74) is 1.42. The Bertz CT molecular complexity index is 891. The number of halogens is 3. The second kappa shape index (κ2) is 6.68. The highest BCUT2D eigenvalue weighted by Crippen LogP contribution is 2.48. The average molecular weight is 395 g/mol. The number of hydrogen-bond acceptors (Lipinski definition) is 5. The van der Waals surface area contributed by atoms with Crippen LogP contribution in [0.2, 0.25) is 0 Å². The first-order valence-electron chi connectivity index (χ1n) is 8.45. The molecule has 1 amide bonds. The molecule has 0 bridgehead atoms. The molecule has 6 nitrogen and oxygen atoms in total. The number of benzene rings is 2. The predicted octanol–water partition coefficient (Wildman–Crippen LogP) is 3.34. The first kappa shape index (κ1) is 18.6. The van der Waals surface area contributed by atoms with Gasteiger partial charge < -0.3 is 23.8 Å². The van der Waals surface area contributed by atoms with E-state index in [-0.39, 0.29) is 25.3 Å². The van der Waals surface area contributed by atoms with Gasteiger partial charge in [0.05, 0.1) is 32.6 Å². The Labute approximate surface area is 158 Å². The summed E-state index contributed by atoms with van der Waals surface area (Å²) in [4.78, 5) is 14.5. The highest BCUT2D eigenvalue weighted by atomic mass is 19.4. The SMILES string of the molecule is COc1ccc(CN2C(=O)C3(OCCO3)c3cc(OC(F)(F)F)ccc32)cc1. The highest BCUT2D eigenvalue weighted by molar-refractivity contribution is 6.06. The monoisotopic (exact) mass is 395 g/mol. The lowest BCUT2D eigenvalue weighted by Crippen LogP contribution is -2.40. The van der Waals surface area contributed by atoms with Crippen LogP contribution in [0.5, 0.6) is 11.5 Å². The smallest absolute Gasteiger partial charge is 0.497 e. The van der Waals surface area contributed by atoms with Crippen LogP contribution in [-0.2, 0) is 26.6 Å². The van der Waals surface area contributed by atoms with E-state index in [1.807, 2.05) is 0 Å². The van der Waals surface area contributed by atoms with Gasteiger partial charge in [-0.2, -0.15) is 0 Å². The molecular weight excluding hydrogens is 379 g/mol. The molecular formula is C19H16F3NO5. The molecule has 0 N–H and O–H groups in total. The third kappa shape index (κ3) is 3.16. The number of hydrogen-bond donors (Lipinski definition) is 0. The van der Waals surface area contributed by atoms with E-state index in [0.29, 0.717) is 11.4 Å². The summed E-state index contributed by atoms with van der Waals surface area (Å²) in [6, 6.07) is 10.8. The van der Waals surface area contributed by atoms with Crippen molar-refractivity contribution in [3.05, 3.63) is 53.6 Å². The lowest BCUT2D eigenvalue weighted by atomic mass is 10.1. The standard InChI is InChI=1S/C19H16F3NO5/c1-25-13-4-2-12(3-5-13)11-23-16-7-6-14(28-19(20,21)22)10-15(16)18(17(23)24)26-8-9-27-18/h2-7,10H,8-9,11H2,1H3. The van der Waals surface area contributed by atoms with Gasteiger partial charge in [0.2, 0.25) is 0 Å². The number of anilines is 1. The number of alkyl halides is 3. The van der Waals surface area contributed by atoms with Crippen molar-refractivity contribution in [1.82, 2.24) is 0 Å². The zero-order valence-corrected chi connectivity index (χ0v) is 14.8. The van der Waals surface area contributed by atoms with Gasteiger partial charge >= 0.3 is 6.36 Å². The van der Waals surface area contributed by atoms with Crippen molar-refractivity contribution in [3.63, 3.8) is 0 Å². The van der Waals surface area contributed by atoms with Gasteiger partial charge in [0, 0.05) is 5.56 Å². The van der Waals surface area contributed by atoms with E-state index in [2.05, 4.69) is 4.74 Å². The van der Waals surface area contributed by atoms with E-state index in [1.54, 1.807) is 31.4 Å². The van der Waals surface area contributed by atoms with Crippen molar-refractivity contribution in [2.45, 2.75) is 18.7 Å². The topological polar surface area (TPSA) is 57.2 Å². The summed E-state index contributed by atoms with van der Waals surface area (Å²) in [6.07, 6.45) is -4.84. The Balaban J connectivity index is 1.70. The summed E-state index contributed by atoms with van der Waals surface area (Å²) < 4.78 is 58.0. The first-order chi connectivity index (χ1) is 13.3. The van der Waals surface area contributed by atoms with Crippen LogP contribution in [0.25, 0.3) is 0 Å². The highest BCUT2D eigenvalue weighted by Gasteiger charge is 2.56. The number of ether oxygens (including phenoxy) is 4. The second-order valence-corrected chi connectivity index (χ2v) is 6.28. The molecule has 148 valence electrons. The van der Waals surface area contributed by atoms with Crippen molar-refractivity contribution in [3.8, 4) is 11.5 Å². The molecule has 1 fully saturated rings. The molecule has 2 heterocycles. The summed E-state index contributed by atoms with van der Waals surface area (Å²) in [7, 11) is 1.55. The Morgan fingerprint density at radius 3 is 2.32 bits per heavy atom. The molecule has 4 rings (SSSR count). The van der Waals surface area contributed by atoms with Gasteiger partial charge in [-0.05, 0) is 35.9 Å². The number of nitrogens with zero attached hydrogens (tertiary/aromatic N) is 1. The summed E-state index contributed by atoms with van der Waals surface area (Å²) >= 11 is 0. The Morgan fingerprint density at radius 1 is 1.07 bits per heavy atom. The molecule has 1 saturated heterocycles. The molecule has 0 radical (unpaired) electrons. The fourth-order valence-electron chi connectivity index (χ4n) is 3.38. The maximum atomic E-state index is 13.1. The normalized spacial score (nSPS) is 17.9. The minimum atomic E-state index is -4.84. The summed E-state index contributed by atoms with van der Waals surface area (Å²) in [5.74, 6) is -2.00. The number of methoxy groups -OCH3 is 1.